The normalized spacial score (nSPS) is 10.3. The number of nitrogens with zero attached hydrogens (tertiary/aromatic N) is 2. The van der Waals surface area contributed by atoms with Crippen LogP contribution in [0.3, 0.4) is 0 Å². The Morgan fingerprint density at radius 1 is 1.24 bits per heavy atom. The minimum Gasteiger partial charge on any atom is -0.494 e. The van der Waals surface area contributed by atoms with Gasteiger partial charge in [-0.15, -0.1) is 0 Å². The van der Waals surface area contributed by atoms with E-state index in [1.54, 1.807) is 12.1 Å². The first-order valence-corrected chi connectivity index (χ1v) is 6.24. The molecule has 8 nitrogen and oxygen atoms in total. The molecule has 0 unspecified atom stereocenters. The van der Waals surface area contributed by atoms with Crippen LogP contribution in [-0.2, 0) is 6.54 Å². The maximum Gasteiger partial charge on any atom is 0.350 e. The summed E-state index contributed by atoms with van der Waals surface area (Å²) in [5.74, 6) is 0.706. The summed E-state index contributed by atoms with van der Waals surface area (Å²) < 4.78 is 6.54. The molecule has 0 saturated heterocycles. The summed E-state index contributed by atoms with van der Waals surface area (Å²) in [5, 5.41) is 10.6. The molecule has 1 aromatic carbocycles. The third-order valence-corrected chi connectivity index (χ3v) is 2.74. The zero-order valence-corrected chi connectivity index (χ0v) is 11.0. The molecule has 0 spiro atoms. The topological polar surface area (TPSA) is 107 Å². The fourth-order valence-electron chi connectivity index (χ4n) is 1.74. The highest BCUT2D eigenvalue weighted by Crippen LogP contribution is 2.08. The molecule has 110 valence electrons. The Kier molecular flexibility index (Phi) is 4.50. The molecule has 1 aromatic heterocycles. The van der Waals surface area contributed by atoms with E-state index in [0.29, 0.717) is 18.8 Å². The number of nitro groups is 1. The Bertz CT molecular complexity index is 735. The minimum atomic E-state index is -0.998. The van der Waals surface area contributed by atoms with Gasteiger partial charge in [0.2, 0.25) is 0 Å². The maximum absolute atomic E-state index is 11.5. The van der Waals surface area contributed by atoms with Crippen molar-refractivity contribution >= 4 is 5.69 Å². The number of para-hydroxylation sites is 1. The lowest BCUT2D eigenvalue weighted by atomic mass is 10.3. The van der Waals surface area contributed by atoms with Crippen LogP contribution in [0.1, 0.15) is 6.42 Å². The predicted molar refractivity (Wildman–Crippen MR) is 74.5 cm³/mol. The van der Waals surface area contributed by atoms with Gasteiger partial charge in [-0.05, 0) is 18.6 Å². The minimum absolute atomic E-state index is 0.212. The lowest BCUT2D eigenvalue weighted by Gasteiger charge is -2.07. The Morgan fingerprint density at radius 3 is 2.62 bits per heavy atom. The van der Waals surface area contributed by atoms with Crippen LogP contribution in [0.5, 0.6) is 5.75 Å². The summed E-state index contributed by atoms with van der Waals surface area (Å²) in [6.07, 6.45) is 1.42. The first-order chi connectivity index (χ1) is 10.1. The van der Waals surface area contributed by atoms with Gasteiger partial charge < -0.3 is 4.74 Å². The molecule has 21 heavy (non-hydrogen) atoms. The van der Waals surface area contributed by atoms with Crippen LogP contribution in [0.2, 0.25) is 0 Å². The number of ether oxygens (including phenoxy) is 1. The molecule has 2 rings (SSSR count). The Morgan fingerprint density at radius 2 is 1.95 bits per heavy atom. The van der Waals surface area contributed by atoms with Crippen molar-refractivity contribution in [1.29, 1.82) is 0 Å². The largest absolute Gasteiger partial charge is 0.494 e. The van der Waals surface area contributed by atoms with Crippen LogP contribution in [0.25, 0.3) is 0 Å². The number of rotatable bonds is 6. The van der Waals surface area contributed by atoms with Gasteiger partial charge in [0.05, 0.1) is 17.7 Å². The van der Waals surface area contributed by atoms with Gasteiger partial charge in [0.15, 0.2) is 0 Å². The summed E-state index contributed by atoms with van der Waals surface area (Å²) in [7, 11) is 0. The van der Waals surface area contributed by atoms with E-state index in [2.05, 4.69) is 0 Å². The lowest BCUT2D eigenvalue weighted by Crippen LogP contribution is -2.31. The van der Waals surface area contributed by atoms with E-state index >= 15 is 0 Å². The van der Waals surface area contributed by atoms with Crippen LogP contribution in [-0.4, -0.2) is 21.1 Å². The Balaban J connectivity index is 1.97. The zero-order valence-electron chi connectivity index (χ0n) is 11.0. The van der Waals surface area contributed by atoms with Crippen molar-refractivity contribution in [3.8, 4) is 5.75 Å². The monoisotopic (exact) mass is 291 g/mol. The molecule has 0 atom stereocenters. The van der Waals surface area contributed by atoms with Crippen molar-refractivity contribution in [3.63, 3.8) is 0 Å². The lowest BCUT2D eigenvalue weighted by molar-refractivity contribution is -0.386. The molecule has 0 fully saturated rings. The van der Waals surface area contributed by atoms with Crippen LogP contribution < -0.4 is 16.0 Å². The van der Waals surface area contributed by atoms with Gasteiger partial charge in [0, 0.05) is 6.54 Å². The van der Waals surface area contributed by atoms with Gasteiger partial charge >= 0.3 is 16.9 Å². The molecule has 0 aliphatic rings. The van der Waals surface area contributed by atoms with Crippen molar-refractivity contribution in [3.05, 3.63) is 67.5 Å². The molecule has 8 heteroatoms. The molecule has 0 amide bonds. The second kappa shape index (κ2) is 6.51. The first-order valence-electron chi connectivity index (χ1n) is 6.24. The molecule has 0 saturated carbocycles. The quantitative estimate of drug-likeness (QED) is 0.483. The van der Waals surface area contributed by atoms with Crippen molar-refractivity contribution in [1.82, 2.24) is 9.55 Å². The summed E-state index contributed by atoms with van der Waals surface area (Å²) in [6, 6.07) is 9.15. The summed E-state index contributed by atoms with van der Waals surface area (Å²) in [5.41, 5.74) is -2.33. The van der Waals surface area contributed by atoms with Crippen molar-refractivity contribution in [2.24, 2.45) is 0 Å². The van der Waals surface area contributed by atoms with Crippen LogP contribution in [0.15, 0.2) is 46.1 Å². The Hall–Kier alpha value is -2.90. The van der Waals surface area contributed by atoms with Crippen LogP contribution in [0, 0.1) is 10.1 Å². The van der Waals surface area contributed by atoms with E-state index in [-0.39, 0.29) is 6.54 Å². The SMILES string of the molecule is O=c1[nH]c(=O)n(CCCOc2ccccc2)cc1[N+](=O)[O-]. The number of hydrogen-bond donors (Lipinski definition) is 1. The second-order valence-corrected chi connectivity index (χ2v) is 4.24. The van der Waals surface area contributed by atoms with Crippen molar-refractivity contribution < 1.29 is 9.66 Å². The fraction of sp³-hybridized carbons (Fsp3) is 0.231. The van der Waals surface area contributed by atoms with Gasteiger partial charge in [0.1, 0.15) is 5.75 Å². The highest BCUT2D eigenvalue weighted by Gasteiger charge is 2.14. The maximum atomic E-state index is 11.5. The standard InChI is InChI=1S/C13H13N3O5/c17-12-11(16(19)20)9-15(13(18)14-12)7-4-8-21-10-5-2-1-3-6-10/h1-3,5-6,9H,4,7-8H2,(H,14,17,18). The number of nitrogens with one attached hydrogen (secondary N) is 1. The van der Waals surface area contributed by atoms with Crippen molar-refractivity contribution in [2.45, 2.75) is 13.0 Å². The number of aryl methyl sites for hydroxylation is 1. The molecule has 2 aromatic rings. The highest BCUT2D eigenvalue weighted by molar-refractivity contribution is 5.21. The van der Waals surface area contributed by atoms with E-state index in [1.165, 1.54) is 0 Å². The first kappa shape index (κ1) is 14.5. The molecule has 1 N–H and O–H groups in total. The van der Waals surface area contributed by atoms with Gasteiger partial charge in [0.25, 0.3) is 0 Å². The van der Waals surface area contributed by atoms with Crippen LogP contribution >= 0.6 is 0 Å². The van der Waals surface area contributed by atoms with E-state index in [9.17, 15) is 19.7 Å². The molecule has 0 aliphatic heterocycles. The van der Waals surface area contributed by atoms with Crippen LogP contribution in [0.4, 0.5) is 5.69 Å². The van der Waals surface area contributed by atoms with Gasteiger partial charge in [-0.1, -0.05) is 18.2 Å². The average Bonchev–Trinajstić information content (AvgIpc) is 2.46. The van der Waals surface area contributed by atoms with E-state index < -0.39 is 21.9 Å². The smallest absolute Gasteiger partial charge is 0.350 e. The summed E-state index contributed by atoms with van der Waals surface area (Å²) in [6.45, 7) is 0.562. The molecule has 0 radical (unpaired) electrons. The number of aromatic amines is 1. The number of hydrogen-bond acceptors (Lipinski definition) is 5. The van der Waals surface area contributed by atoms with E-state index in [4.69, 9.17) is 4.74 Å². The van der Waals surface area contributed by atoms with Gasteiger partial charge in [-0.25, -0.2) is 4.79 Å². The average molecular weight is 291 g/mol. The summed E-state index contributed by atoms with van der Waals surface area (Å²) >= 11 is 0. The number of H-pyrrole nitrogens is 1. The third kappa shape index (κ3) is 3.78. The third-order valence-electron chi connectivity index (χ3n) is 2.74. The highest BCUT2D eigenvalue weighted by atomic mass is 16.6. The zero-order chi connectivity index (χ0) is 15.2. The van der Waals surface area contributed by atoms with Crippen molar-refractivity contribution in [2.75, 3.05) is 6.61 Å². The molecular formula is C13H13N3O5. The van der Waals surface area contributed by atoms with E-state index in [0.717, 1.165) is 10.8 Å². The molecule has 0 aliphatic carbocycles. The van der Waals surface area contributed by atoms with E-state index in [1.807, 2.05) is 23.2 Å². The van der Waals surface area contributed by atoms with Gasteiger partial charge in [-0.2, -0.15) is 0 Å². The molecule has 1 heterocycles. The number of aromatic nitrogens is 2. The second-order valence-electron chi connectivity index (χ2n) is 4.24. The van der Waals surface area contributed by atoms with Gasteiger partial charge in [-0.3, -0.25) is 24.5 Å². The fourth-order valence-corrected chi connectivity index (χ4v) is 1.74. The number of benzene rings is 1. The molecular weight excluding hydrogens is 278 g/mol. The predicted octanol–water partition coefficient (Wildman–Crippen LogP) is 0.914. The Labute approximate surface area is 118 Å². The summed E-state index contributed by atoms with van der Waals surface area (Å²) in [4.78, 5) is 34.5. The molecule has 0 bridgehead atoms.